The second-order valence-electron chi connectivity index (χ2n) is 2.18. The molecule has 0 aromatic rings. The van der Waals surface area contributed by atoms with Gasteiger partial charge in [-0.1, -0.05) is 5.16 Å². The molecule has 1 atom stereocenters. The first-order valence-corrected chi connectivity index (χ1v) is 2.65. The van der Waals surface area contributed by atoms with E-state index in [9.17, 15) is 4.79 Å². The molecule has 1 amide bonds. The second-order valence-corrected chi connectivity index (χ2v) is 2.18. The van der Waals surface area contributed by atoms with Crippen LogP contribution in [-0.2, 0) is 9.63 Å². The Kier molecular flexibility index (Phi) is 1.16. The second kappa shape index (κ2) is 1.72. The molecule has 1 aliphatic heterocycles. The minimum Gasteiger partial charge on any atom is -0.379 e. The number of hydrogen-bond acceptors (Lipinski definition) is 3. The average Bonchev–Trinajstić information content (AvgIpc) is 2.16. The summed E-state index contributed by atoms with van der Waals surface area (Å²) in [7, 11) is 0. The lowest BCUT2D eigenvalue weighted by atomic mass is 10.0. The van der Waals surface area contributed by atoms with E-state index in [1.165, 1.54) is 6.21 Å². The van der Waals surface area contributed by atoms with Gasteiger partial charge in [0.05, 0.1) is 0 Å². The highest BCUT2D eigenvalue weighted by atomic mass is 16.7. The minimum absolute atomic E-state index is 0.472. The summed E-state index contributed by atoms with van der Waals surface area (Å²) in [6, 6.07) is 0. The van der Waals surface area contributed by atoms with Crippen LogP contribution in [0, 0.1) is 0 Å². The Morgan fingerprint density at radius 1 is 2.00 bits per heavy atom. The van der Waals surface area contributed by atoms with E-state index < -0.39 is 11.5 Å². The Bertz CT molecular complexity index is 156. The predicted octanol–water partition coefficient (Wildman–Crippen LogP) is -0.364. The van der Waals surface area contributed by atoms with Crippen LogP contribution >= 0.6 is 0 Å². The molecule has 0 bridgehead atoms. The number of hydrogen-bond donors (Lipinski definition) is 1. The Labute approximate surface area is 52.7 Å². The fourth-order valence-corrected chi connectivity index (χ4v) is 0.548. The zero-order chi connectivity index (χ0) is 6.91. The summed E-state index contributed by atoms with van der Waals surface area (Å²) < 4.78 is 0. The highest BCUT2D eigenvalue weighted by molar-refractivity contribution is 5.87. The maximum absolute atomic E-state index is 10.5. The maximum atomic E-state index is 10.5. The first-order valence-electron chi connectivity index (χ1n) is 2.65. The molecule has 0 radical (unpaired) electrons. The smallest absolute Gasteiger partial charge is 0.264 e. The van der Waals surface area contributed by atoms with Crippen molar-refractivity contribution in [3.8, 4) is 0 Å². The normalized spacial score (nSPS) is 32.1. The SMILES string of the molecule is CC1(C(N)=O)CC=NO1. The Morgan fingerprint density at radius 2 is 2.67 bits per heavy atom. The van der Waals surface area contributed by atoms with Crippen molar-refractivity contribution in [2.75, 3.05) is 0 Å². The molecule has 0 saturated heterocycles. The highest BCUT2D eigenvalue weighted by Crippen LogP contribution is 2.18. The molecular weight excluding hydrogens is 120 g/mol. The predicted molar refractivity (Wildman–Crippen MR) is 31.8 cm³/mol. The summed E-state index contributed by atoms with van der Waals surface area (Å²) in [6.45, 7) is 1.61. The Hall–Kier alpha value is -1.06. The van der Waals surface area contributed by atoms with Crippen molar-refractivity contribution in [2.45, 2.75) is 18.9 Å². The number of carbonyl (C=O) groups is 1. The lowest BCUT2D eigenvalue weighted by Gasteiger charge is -2.15. The molecule has 9 heavy (non-hydrogen) atoms. The first-order chi connectivity index (χ1) is 4.15. The molecule has 1 aliphatic rings. The quantitative estimate of drug-likeness (QED) is 0.524. The van der Waals surface area contributed by atoms with Gasteiger partial charge < -0.3 is 10.6 Å². The van der Waals surface area contributed by atoms with Gasteiger partial charge >= 0.3 is 0 Å². The molecule has 1 heterocycles. The standard InChI is InChI=1S/C5H8N2O2/c1-5(4(6)8)2-3-7-9-5/h3H,2H2,1H3,(H2,6,8). The van der Waals surface area contributed by atoms with Gasteiger partial charge in [0.15, 0.2) is 0 Å². The van der Waals surface area contributed by atoms with E-state index in [1.54, 1.807) is 6.92 Å². The number of oxime groups is 1. The van der Waals surface area contributed by atoms with Gasteiger partial charge in [-0.15, -0.1) is 0 Å². The van der Waals surface area contributed by atoms with E-state index in [0.29, 0.717) is 6.42 Å². The largest absolute Gasteiger partial charge is 0.379 e. The summed E-state index contributed by atoms with van der Waals surface area (Å²) in [4.78, 5) is 15.2. The molecular formula is C5H8N2O2. The molecule has 0 aromatic heterocycles. The lowest BCUT2D eigenvalue weighted by Crippen LogP contribution is -2.40. The molecule has 0 saturated carbocycles. The van der Waals surface area contributed by atoms with E-state index in [2.05, 4.69) is 5.16 Å². The molecule has 0 aliphatic carbocycles. The van der Waals surface area contributed by atoms with Crippen LogP contribution in [0.15, 0.2) is 5.16 Å². The molecule has 4 heteroatoms. The number of amides is 1. The first kappa shape index (κ1) is 6.07. The van der Waals surface area contributed by atoms with Gasteiger partial charge in [0, 0.05) is 12.6 Å². The molecule has 4 nitrogen and oxygen atoms in total. The summed E-state index contributed by atoms with van der Waals surface area (Å²) in [5, 5.41) is 3.43. The van der Waals surface area contributed by atoms with Crippen LogP contribution in [0.3, 0.4) is 0 Å². The molecule has 50 valence electrons. The van der Waals surface area contributed by atoms with Crippen LogP contribution in [0.2, 0.25) is 0 Å². The third-order valence-corrected chi connectivity index (χ3v) is 1.33. The van der Waals surface area contributed by atoms with E-state index in [0.717, 1.165) is 0 Å². The van der Waals surface area contributed by atoms with Crippen molar-refractivity contribution in [1.82, 2.24) is 0 Å². The van der Waals surface area contributed by atoms with Gasteiger partial charge in [-0.25, -0.2) is 0 Å². The third kappa shape index (κ3) is 0.872. The third-order valence-electron chi connectivity index (χ3n) is 1.33. The fraction of sp³-hybridized carbons (Fsp3) is 0.600. The molecule has 1 unspecified atom stereocenters. The van der Waals surface area contributed by atoms with Gasteiger partial charge in [0.25, 0.3) is 5.91 Å². The number of nitrogens with zero attached hydrogens (tertiary/aromatic N) is 1. The summed E-state index contributed by atoms with van der Waals surface area (Å²) in [5.74, 6) is -0.472. The monoisotopic (exact) mass is 128 g/mol. The van der Waals surface area contributed by atoms with Crippen LogP contribution in [-0.4, -0.2) is 17.7 Å². The van der Waals surface area contributed by atoms with Crippen molar-refractivity contribution < 1.29 is 9.63 Å². The number of nitrogens with two attached hydrogens (primary N) is 1. The van der Waals surface area contributed by atoms with Crippen molar-refractivity contribution in [2.24, 2.45) is 10.9 Å². The van der Waals surface area contributed by atoms with Gasteiger partial charge in [-0.05, 0) is 6.92 Å². The molecule has 0 spiro atoms. The topological polar surface area (TPSA) is 64.7 Å². The van der Waals surface area contributed by atoms with Crippen molar-refractivity contribution >= 4 is 12.1 Å². The van der Waals surface area contributed by atoms with Crippen molar-refractivity contribution in [1.29, 1.82) is 0 Å². The number of primary amides is 1. The molecule has 0 aromatic carbocycles. The van der Waals surface area contributed by atoms with E-state index in [4.69, 9.17) is 10.6 Å². The summed E-state index contributed by atoms with van der Waals surface area (Å²) >= 11 is 0. The lowest BCUT2D eigenvalue weighted by molar-refractivity contribution is -0.138. The Morgan fingerprint density at radius 3 is 2.89 bits per heavy atom. The van der Waals surface area contributed by atoms with Gasteiger partial charge in [0.1, 0.15) is 0 Å². The average molecular weight is 128 g/mol. The number of rotatable bonds is 1. The zero-order valence-electron chi connectivity index (χ0n) is 5.13. The van der Waals surface area contributed by atoms with Crippen LogP contribution < -0.4 is 5.73 Å². The van der Waals surface area contributed by atoms with Crippen molar-refractivity contribution in [3.63, 3.8) is 0 Å². The molecule has 2 N–H and O–H groups in total. The zero-order valence-corrected chi connectivity index (χ0v) is 5.13. The van der Waals surface area contributed by atoms with E-state index >= 15 is 0 Å². The van der Waals surface area contributed by atoms with Crippen LogP contribution in [0.1, 0.15) is 13.3 Å². The molecule has 1 rings (SSSR count). The van der Waals surface area contributed by atoms with Gasteiger partial charge in [-0.3, -0.25) is 4.79 Å². The van der Waals surface area contributed by atoms with Gasteiger partial charge in [0.2, 0.25) is 5.60 Å². The van der Waals surface area contributed by atoms with Crippen LogP contribution in [0.4, 0.5) is 0 Å². The fourth-order valence-electron chi connectivity index (χ4n) is 0.548. The van der Waals surface area contributed by atoms with Crippen LogP contribution in [0.25, 0.3) is 0 Å². The van der Waals surface area contributed by atoms with E-state index in [-0.39, 0.29) is 0 Å². The molecule has 0 fully saturated rings. The Balaban J connectivity index is 2.66. The highest BCUT2D eigenvalue weighted by Gasteiger charge is 2.35. The van der Waals surface area contributed by atoms with Crippen LogP contribution in [0.5, 0.6) is 0 Å². The van der Waals surface area contributed by atoms with Gasteiger partial charge in [-0.2, -0.15) is 0 Å². The maximum Gasteiger partial charge on any atom is 0.264 e. The summed E-state index contributed by atoms with van der Waals surface area (Å²) in [6.07, 6.45) is 2.01. The number of carbonyl (C=O) groups excluding carboxylic acids is 1. The van der Waals surface area contributed by atoms with E-state index in [1.807, 2.05) is 0 Å². The van der Waals surface area contributed by atoms with Crippen molar-refractivity contribution in [3.05, 3.63) is 0 Å². The minimum atomic E-state index is -0.889. The summed E-state index contributed by atoms with van der Waals surface area (Å²) in [5.41, 5.74) is 4.10.